The number of amides is 1. The summed E-state index contributed by atoms with van der Waals surface area (Å²) in [7, 11) is 3.12. The molecule has 8 heteroatoms. The van der Waals surface area contributed by atoms with Gasteiger partial charge in [0, 0.05) is 13.5 Å². The summed E-state index contributed by atoms with van der Waals surface area (Å²) in [6.45, 7) is 0.144. The zero-order chi connectivity index (χ0) is 24.3. The van der Waals surface area contributed by atoms with Crippen molar-refractivity contribution in [3.05, 3.63) is 83.9 Å². The van der Waals surface area contributed by atoms with Gasteiger partial charge in [-0.1, -0.05) is 60.7 Å². The SMILES string of the molecule is COCOc1cccc(OC)c1-c1ccc(C[C@H](NC(=O)OCc2ccccc2)C(=O)O)cc1. The molecule has 3 rings (SSSR count). The standard InChI is InChI=1S/C26H27NO7/c1-31-17-34-23-10-6-9-22(32-2)24(23)20-13-11-18(12-14-20)15-21(25(28)29)27-26(30)33-16-19-7-4-3-5-8-19/h3-14,21H,15-17H2,1-2H3,(H,27,30)(H,28,29)/t21-/m0/s1. The highest BCUT2D eigenvalue weighted by molar-refractivity contribution is 5.80. The molecule has 34 heavy (non-hydrogen) atoms. The second kappa shape index (κ2) is 12.3. The van der Waals surface area contributed by atoms with Crippen LogP contribution < -0.4 is 14.8 Å². The average molecular weight is 466 g/mol. The largest absolute Gasteiger partial charge is 0.496 e. The number of aliphatic carboxylic acids is 1. The predicted molar refractivity (Wildman–Crippen MR) is 126 cm³/mol. The highest BCUT2D eigenvalue weighted by Gasteiger charge is 2.21. The van der Waals surface area contributed by atoms with E-state index in [1.165, 1.54) is 0 Å². The second-order valence-electron chi connectivity index (χ2n) is 7.38. The van der Waals surface area contributed by atoms with Gasteiger partial charge in [0.1, 0.15) is 24.1 Å². The molecule has 0 bridgehead atoms. The quantitative estimate of drug-likeness (QED) is 0.408. The summed E-state index contributed by atoms with van der Waals surface area (Å²) in [6, 6.07) is 20.8. The Bertz CT molecular complexity index is 1080. The van der Waals surface area contributed by atoms with Crippen LogP contribution in [0.3, 0.4) is 0 Å². The maximum Gasteiger partial charge on any atom is 0.408 e. The van der Waals surface area contributed by atoms with Gasteiger partial charge in [0.05, 0.1) is 12.7 Å². The van der Waals surface area contributed by atoms with E-state index in [9.17, 15) is 14.7 Å². The first-order valence-electron chi connectivity index (χ1n) is 10.6. The molecule has 0 fully saturated rings. The second-order valence-corrected chi connectivity index (χ2v) is 7.38. The van der Waals surface area contributed by atoms with Crippen LogP contribution in [-0.2, 0) is 27.3 Å². The summed E-state index contributed by atoms with van der Waals surface area (Å²) in [4.78, 5) is 23.8. The van der Waals surface area contributed by atoms with Crippen LogP contribution in [0.2, 0.25) is 0 Å². The number of methoxy groups -OCH3 is 2. The van der Waals surface area contributed by atoms with Crippen molar-refractivity contribution < 1.29 is 33.6 Å². The molecule has 0 saturated carbocycles. The fourth-order valence-electron chi connectivity index (χ4n) is 3.36. The van der Waals surface area contributed by atoms with Gasteiger partial charge < -0.3 is 29.4 Å². The lowest BCUT2D eigenvalue weighted by Gasteiger charge is -2.16. The summed E-state index contributed by atoms with van der Waals surface area (Å²) in [5.41, 5.74) is 3.12. The van der Waals surface area contributed by atoms with Gasteiger partial charge in [0.25, 0.3) is 0 Å². The third-order valence-electron chi connectivity index (χ3n) is 5.03. The normalized spacial score (nSPS) is 11.4. The first-order valence-corrected chi connectivity index (χ1v) is 10.6. The Morgan fingerprint density at radius 2 is 1.59 bits per heavy atom. The summed E-state index contributed by atoms with van der Waals surface area (Å²) >= 11 is 0. The molecule has 3 aromatic rings. The molecule has 3 aromatic carbocycles. The van der Waals surface area contributed by atoms with E-state index in [0.717, 1.165) is 22.3 Å². The first kappa shape index (κ1) is 24.6. The molecule has 0 unspecified atom stereocenters. The summed E-state index contributed by atoms with van der Waals surface area (Å²) < 4.78 is 21.3. The minimum absolute atomic E-state index is 0.0556. The van der Waals surface area contributed by atoms with Crippen LogP contribution in [-0.4, -0.2) is 44.2 Å². The number of benzene rings is 3. The zero-order valence-corrected chi connectivity index (χ0v) is 19.0. The highest BCUT2D eigenvalue weighted by Crippen LogP contribution is 2.38. The molecule has 0 radical (unpaired) electrons. The van der Waals surface area contributed by atoms with E-state index in [0.29, 0.717) is 11.5 Å². The molecular weight excluding hydrogens is 438 g/mol. The van der Waals surface area contributed by atoms with Gasteiger partial charge in [-0.3, -0.25) is 0 Å². The lowest BCUT2D eigenvalue weighted by atomic mass is 9.99. The van der Waals surface area contributed by atoms with Crippen molar-refractivity contribution in [2.75, 3.05) is 21.0 Å². The summed E-state index contributed by atoms with van der Waals surface area (Å²) in [6.07, 6.45) is -0.698. The number of carbonyl (C=O) groups is 2. The van der Waals surface area contributed by atoms with E-state index < -0.39 is 18.1 Å². The lowest BCUT2D eigenvalue weighted by Crippen LogP contribution is -2.42. The summed E-state index contributed by atoms with van der Waals surface area (Å²) in [5.74, 6) is 0.0773. The van der Waals surface area contributed by atoms with E-state index in [4.69, 9.17) is 18.9 Å². The smallest absolute Gasteiger partial charge is 0.408 e. The molecule has 1 amide bonds. The monoisotopic (exact) mass is 465 g/mol. The van der Waals surface area contributed by atoms with Crippen molar-refractivity contribution in [1.29, 1.82) is 0 Å². The number of hydrogen-bond donors (Lipinski definition) is 2. The van der Waals surface area contributed by atoms with Gasteiger partial charge >= 0.3 is 12.1 Å². The Morgan fingerprint density at radius 1 is 0.882 bits per heavy atom. The third kappa shape index (κ3) is 6.73. The number of carbonyl (C=O) groups excluding carboxylic acids is 1. The maximum atomic E-state index is 12.1. The predicted octanol–water partition coefficient (Wildman–Crippen LogP) is 4.27. The van der Waals surface area contributed by atoms with Crippen molar-refractivity contribution in [1.82, 2.24) is 5.32 Å². The van der Waals surface area contributed by atoms with Crippen LogP contribution in [0.25, 0.3) is 11.1 Å². The van der Waals surface area contributed by atoms with Gasteiger partial charge in [-0.2, -0.15) is 0 Å². The number of ether oxygens (including phenoxy) is 4. The number of alkyl carbamates (subject to hydrolysis) is 1. The minimum atomic E-state index is -1.15. The molecule has 2 N–H and O–H groups in total. The molecule has 0 aromatic heterocycles. The molecule has 0 saturated heterocycles. The van der Waals surface area contributed by atoms with Gasteiger partial charge in [-0.25, -0.2) is 9.59 Å². The van der Waals surface area contributed by atoms with Crippen LogP contribution >= 0.6 is 0 Å². The van der Waals surface area contributed by atoms with Crippen LogP contribution in [0.15, 0.2) is 72.8 Å². The first-order chi connectivity index (χ1) is 16.5. The van der Waals surface area contributed by atoms with Gasteiger partial charge in [-0.15, -0.1) is 0 Å². The Hall–Kier alpha value is -4.04. The number of carboxylic acids is 1. The van der Waals surface area contributed by atoms with E-state index in [-0.39, 0.29) is 19.8 Å². The minimum Gasteiger partial charge on any atom is -0.496 e. The molecular formula is C26H27NO7. The molecule has 8 nitrogen and oxygen atoms in total. The molecule has 0 spiro atoms. The molecule has 0 aliphatic carbocycles. The molecule has 0 heterocycles. The van der Waals surface area contributed by atoms with Gasteiger partial charge in [0.2, 0.25) is 0 Å². The van der Waals surface area contributed by atoms with E-state index in [2.05, 4.69) is 5.32 Å². The van der Waals surface area contributed by atoms with Crippen molar-refractivity contribution in [3.63, 3.8) is 0 Å². The van der Waals surface area contributed by atoms with E-state index in [1.54, 1.807) is 26.4 Å². The fourth-order valence-corrected chi connectivity index (χ4v) is 3.36. The number of carboxylic acid groups (broad SMARTS) is 1. The molecule has 178 valence electrons. The number of hydrogen-bond acceptors (Lipinski definition) is 6. The lowest BCUT2D eigenvalue weighted by molar-refractivity contribution is -0.139. The van der Waals surface area contributed by atoms with E-state index >= 15 is 0 Å². The Kier molecular flexibility index (Phi) is 8.88. The highest BCUT2D eigenvalue weighted by atomic mass is 16.7. The van der Waals surface area contributed by atoms with Gasteiger partial charge in [0.15, 0.2) is 6.79 Å². The zero-order valence-electron chi connectivity index (χ0n) is 19.0. The average Bonchev–Trinajstić information content (AvgIpc) is 2.86. The number of nitrogens with one attached hydrogen (secondary N) is 1. The number of rotatable bonds is 11. The molecule has 1 atom stereocenters. The topological polar surface area (TPSA) is 103 Å². The molecule has 0 aliphatic heterocycles. The van der Waals surface area contributed by atoms with Crippen molar-refractivity contribution >= 4 is 12.1 Å². The fraction of sp³-hybridized carbons (Fsp3) is 0.231. The summed E-state index contributed by atoms with van der Waals surface area (Å²) in [5, 5.41) is 12.0. The Labute approximate surface area is 198 Å². The van der Waals surface area contributed by atoms with Crippen molar-refractivity contribution in [3.8, 4) is 22.6 Å². The van der Waals surface area contributed by atoms with Crippen LogP contribution in [0, 0.1) is 0 Å². The van der Waals surface area contributed by atoms with Crippen LogP contribution in [0.5, 0.6) is 11.5 Å². The van der Waals surface area contributed by atoms with Crippen LogP contribution in [0.4, 0.5) is 4.79 Å². The van der Waals surface area contributed by atoms with E-state index in [1.807, 2.05) is 60.7 Å². The van der Waals surface area contributed by atoms with Crippen molar-refractivity contribution in [2.45, 2.75) is 19.1 Å². The Balaban J connectivity index is 1.69. The Morgan fingerprint density at radius 3 is 2.24 bits per heavy atom. The maximum absolute atomic E-state index is 12.1. The third-order valence-corrected chi connectivity index (χ3v) is 5.03. The van der Waals surface area contributed by atoms with Gasteiger partial charge in [-0.05, 0) is 28.8 Å². The van der Waals surface area contributed by atoms with Crippen LogP contribution in [0.1, 0.15) is 11.1 Å². The van der Waals surface area contributed by atoms with Crippen molar-refractivity contribution in [2.24, 2.45) is 0 Å². The molecule has 0 aliphatic rings.